The molecule has 2 aliphatic heterocycles. The van der Waals surface area contributed by atoms with Crippen LogP contribution in [-0.4, -0.2) is 46.3 Å². The molecule has 14 heavy (non-hydrogen) atoms. The summed E-state index contributed by atoms with van der Waals surface area (Å²) < 4.78 is 0. The van der Waals surface area contributed by atoms with Gasteiger partial charge < -0.3 is 10.4 Å². The van der Waals surface area contributed by atoms with E-state index in [-0.39, 0.29) is 0 Å². The van der Waals surface area contributed by atoms with Crippen LogP contribution in [0, 0.1) is 0 Å². The molecule has 0 bridgehead atoms. The van der Waals surface area contributed by atoms with E-state index >= 15 is 0 Å². The van der Waals surface area contributed by atoms with Gasteiger partial charge in [0.25, 0.3) is 0 Å². The molecule has 4 heteroatoms. The quantitative estimate of drug-likeness (QED) is 0.770. The van der Waals surface area contributed by atoms with Crippen molar-refractivity contribution in [2.75, 3.05) is 29.6 Å². The molecule has 2 N–H and O–H groups in total. The van der Waals surface area contributed by atoms with Crippen molar-refractivity contribution in [3.05, 3.63) is 0 Å². The highest BCUT2D eigenvalue weighted by atomic mass is 32.2. The maximum atomic E-state index is 10.2. The van der Waals surface area contributed by atoms with E-state index in [4.69, 9.17) is 0 Å². The zero-order chi connectivity index (χ0) is 9.86. The topological polar surface area (TPSA) is 32.3 Å². The van der Waals surface area contributed by atoms with Crippen LogP contribution in [0.1, 0.15) is 19.3 Å². The van der Waals surface area contributed by atoms with Crippen molar-refractivity contribution in [2.24, 2.45) is 0 Å². The Bertz CT molecular complexity index is 177. The molecule has 2 aliphatic rings. The normalized spacial score (nSPS) is 31.9. The molecule has 82 valence electrons. The summed E-state index contributed by atoms with van der Waals surface area (Å²) >= 11 is 3.98. The molecule has 2 fully saturated rings. The van der Waals surface area contributed by atoms with Gasteiger partial charge in [-0.2, -0.15) is 23.5 Å². The van der Waals surface area contributed by atoms with E-state index in [2.05, 4.69) is 5.32 Å². The lowest BCUT2D eigenvalue weighted by Crippen LogP contribution is -2.46. The summed E-state index contributed by atoms with van der Waals surface area (Å²) in [7, 11) is 0. The Morgan fingerprint density at radius 2 is 2.00 bits per heavy atom. The summed E-state index contributed by atoms with van der Waals surface area (Å²) in [6.45, 7) is 0.804. The minimum absolute atomic E-state index is 0.404. The number of aliphatic hydroxyl groups is 1. The number of thioether (sulfide) groups is 2. The molecule has 2 heterocycles. The molecule has 0 saturated carbocycles. The van der Waals surface area contributed by atoms with Gasteiger partial charge in [0.15, 0.2) is 0 Å². The zero-order valence-electron chi connectivity index (χ0n) is 8.50. The second-order valence-corrected chi connectivity index (χ2v) is 6.65. The summed E-state index contributed by atoms with van der Waals surface area (Å²) in [6, 6.07) is 0.651. The van der Waals surface area contributed by atoms with Gasteiger partial charge in [-0.15, -0.1) is 0 Å². The van der Waals surface area contributed by atoms with Crippen LogP contribution in [0.3, 0.4) is 0 Å². The highest BCUT2D eigenvalue weighted by Gasteiger charge is 2.30. The lowest BCUT2D eigenvalue weighted by atomic mass is 9.96. The van der Waals surface area contributed by atoms with E-state index < -0.39 is 5.60 Å². The van der Waals surface area contributed by atoms with Gasteiger partial charge in [0.1, 0.15) is 0 Å². The molecule has 0 aromatic rings. The highest BCUT2D eigenvalue weighted by molar-refractivity contribution is 7.99. The summed E-state index contributed by atoms with van der Waals surface area (Å²) in [6.07, 6.45) is 3.20. The standard InChI is InChI=1S/C10H19NOS2/c12-10(2-5-13-6-3-10)8-11-9-1-4-14-7-9/h9,11-12H,1-8H2. The molecule has 1 atom stereocenters. The molecular weight excluding hydrogens is 214 g/mol. The Kier molecular flexibility index (Phi) is 4.05. The van der Waals surface area contributed by atoms with Gasteiger partial charge in [-0.25, -0.2) is 0 Å². The maximum absolute atomic E-state index is 10.2. The van der Waals surface area contributed by atoms with Crippen LogP contribution in [0.2, 0.25) is 0 Å². The van der Waals surface area contributed by atoms with Crippen molar-refractivity contribution in [1.29, 1.82) is 0 Å². The first-order valence-corrected chi connectivity index (χ1v) is 7.71. The summed E-state index contributed by atoms with van der Waals surface area (Å²) in [5, 5.41) is 13.8. The fraction of sp³-hybridized carbons (Fsp3) is 1.00. The van der Waals surface area contributed by atoms with E-state index in [0.717, 1.165) is 30.9 Å². The maximum Gasteiger partial charge on any atom is 0.0787 e. The van der Waals surface area contributed by atoms with Gasteiger partial charge in [-0.05, 0) is 36.5 Å². The Hall–Kier alpha value is 0.620. The van der Waals surface area contributed by atoms with E-state index in [1.165, 1.54) is 17.9 Å². The molecule has 0 spiro atoms. The monoisotopic (exact) mass is 233 g/mol. The van der Waals surface area contributed by atoms with Crippen molar-refractivity contribution >= 4 is 23.5 Å². The Balaban J connectivity index is 1.72. The van der Waals surface area contributed by atoms with Gasteiger partial charge in [0, 0.05) is 18.3 Å². The molecule has 2 nitrogen and oxygen atoms in total. The average molecular weight is 233 g/mol. The second-order valence-electron chi connectivity index (χ2n) is 4.28. The first kappa shape index (κ1) is 11.1. The van der Waals surface area contributed by atoms with E-state index in [0.29, 0.717) is 6.04 Å². The van der Waals surface area contributed by atoms with Gasteiger partial charge >= 0.3 is 0 Å². The van der Waals surface area contributed by atoms with E-state index in [1.54, 1.807) is 0 Å². The molecule has 2 saturated heterocycles. The van der Waals surface area contributed by atoms with Gasteiger partial charge in [0.2, 0.25) is 0 Å². The fourth-order valence-electron chi connectivity index (χ4n) is 1.96. The number of hydrogen-bond acceptors (Lipinski definition) is 4. The summed E-state index contributed by atoms with van der Waals surface area (Å²) in [5.74, 6) is 4.76. The molecule has 0 radical (unpaired) electrons. The highest BCUT2D eigenvalue weighted by Crippen LogP contribution is 2.27. The number of nitrogens with one attached hydrogen (secondary N) is 1. The molecule has 1 unspecified atom stereocenters. The van der Waals surface area contributed by atoms with Crippen LogP contribution in [0.15, 0.2) is 0 Å². The van der Waals surface area contributed by atoms with Crippen molar-refractivity contribution in [2.45, 2.75) is 30.9 Å². The largest absolute Gasteiger partial charge is 0.389 e. The van der Waals surface area contributed by atoms with Crippen LogP contribution in [0.5, 0.6) is 0 Å². The molecule has 0 aliphatic carbocycles. The SMILES string of the molecule is OC1(CNC2CCSC2)CCSCC1. The molecule has 2 rings (SSSR count). The first-order valence-electron chi connectivity index (χ1n) is 5.40. The van der Waals surface area contributed by atoms with Gasteiger partial charge in [0.05, 0.1) is 5.60 Å². The predicted molar refractivity (Wildman–Crippen MR) is 65.2 cm³/mol. The van der Waals surface area contributed by atoms with Crippen LogP contribution in [0.25, 0.3) is 0 Å². The molecule has 0 aromatic carbocycles. The van der Waals surface area contributed by atoms with Crippen LogP contribution in [0.4, 0.5) is 0 Å². The lowest BCUT2D eigenvalue weighted by molar-refractivity contribution is 0.0303. The molecule has 0 aromatic heterocycles. The fourth-order valence-corrected chi connectivity index (χ4v) is 4.40. The van der Waals surface area contributed by atoms with Crippen LogP contribution < -0.4 is 5.32 Å². The third-order valence-corrected chi connectivity index (χ3v) is 5.22. The van der Waals surface area contributed by atoms with Crippen LogP contribution >= 0.6 is 23.5 Å². The minimum Gasteiger partial charge on any atom is -0.389 e. The van der Waals surface area contributed by atoms with Crippen molar-refractivity contribution < 1.29 is 5.11 Å². The van der Waals surface area contributed by atoms with Crippen molar-refractivity contribution in [1.82, 2.24) is 5.32 Å². The van der Waals surface area contributed by atoms with Gasteiger partial charge in [-0.3, -0.25) is 0 Å². The minimum atomic E-state index is -0.404. The van der Waals surface area contributed by atoms with E-state index in [9.17, 15) is 5.11 Å². The Labute approximate surface area is 94.6 Å². The first-order chi connectivity index (χ1) is 6.79. The summed E-state index contributed by atoms with van der Waals surface area (Å²) in [4.78, 5) is 0. The third-order valence-electron chi connectivity index (χ3n) is 3.07. The smallest absolute Gasteiger partial charge is 0.0787 e. The van der Waals surface area contributed by atoms with E-state index in [1.807, 2.05) is 23.5 Å². The molecule has 0 amide bonds. The van der Waals surface area contributed by atoms with Gasteiger partial charge in [-0.1, -0.05) is 0 Å². The Morgan fingerprint density at radius 1 is 1.21 bits per heavy atom. The zero-order valence-corrected chi connectivity index (χ0v) is 10.1. The predicted octanol–water partition coefficient (Wildman–Crippen LogP) is 1.34. The van der Waals surface area contributed by atoms with Crippen molar-refractivity contribution in [3.8, 4) is 0 Å². The third kappa shape index (κ3) is 3.05. The molecular formula is C10H19NOS2. The second kappa shape index (κ2) is 5.10. The van der Waals surface area contributed by atoms with Crippen LogP contribution in [-0.2, 0) is 0 Å². The number of rotatable bonds is 3. The Morgan fingerprint density at radius 3 is 2.64 bits per heavy atom. The lowest BCUT2D eigenvalue weighted by Gasteiger charge is -2.33. The average Bonchev–Trinajstić information content (AvgIpc) is 2.69. The number of hydrogen-bond donors (Lipinski definition) is 2. The summed E-state index contributed by atoms with van der Waals surface area (Å²) in [5.41, 5.74) is -0.404. The van der Waals surface area contributed by atoms with Crippen molar-refractivity contribution in [3.63, 3.8) is 0 Å².